The van der Waals surface area contributed by atoms with E-state index < -0.39 is 17.4 Å². The van der Waals surface area contributed by atoms with Gasteiger partial charge in [0.1, 0.15) is 0 Å². The Morgan fingerprint density at radius 3 is 1.76 bits per heavy atom. The molecule has 0 bridgehead atoms. The van der Waals surface area contributed by atoms with Crippen molar-refractivity contribution in [2.45, 2.75) is 26.2 Å². The molecule has 1 heterocycles. The number of hydrogen-bond acceptors (Lipinski definition) is 4. The lowest BCUT2D eigenvalue weighted by atomic mass is 9.83. The van der Waals surface area contributed by atoms with Gasteiger partial charge < -0.3 is 20.0 Å². The number of carboxylic acids is 2. The number of aromatic carboxylic acids is 2. The summed E-state index contributed by atoms with van der Waals surface area (Å²) >= 11 is 5.96. The minimum Gasteiger partial charge on any atom is -0.478 e. The average molecular weight is 523 g/mol. The van der Waals surface area contributed by atoms with Crippen molar-refractivity contribution in [3.05, 3.63) is 100 Å². The molecule has 3 aromatic rings. The van der Waals surface area contributed by atoms with Crippen LogP contribution >= 0.6 is 11.6 Å². The maximum Gasteiger partial charge on any atom is 0.335 e. The summed E-state index contributed by atoms with van der Waals surface area (Å²) in [5, 5.41) is 18.1. The highest BCUT2D eigenvalue weighted by Gasteiger charge is 2.35. The number of anilines is 1. The molecule has 1 fully saturated rings. The van der Waals surface area contributed by atoms with Gasteiger partial charge in [0.2, 0.25) is 5.91 Å². The average Bonchev–Trinajstić information content (AvgIpc) is 2.89. The first-order valence-corrected chi connectivity index (χ1v) is 12.3. The molecule has 4 rings (SSSR count). The van der Waals surface area contributed by atoms with Gasteiger partial charge in [-0.05, 0) is 68.3 Å². The third kappa shape index (κ3) is 6.68. The van der Waals surface area contributed by atoms with Gasteiger partial charge in [-0.15, -0.1) is 0 Å². The van der Waals surface area contributed by atoms with Gasteiger partial charge >= 0.3 is 11.9 Å². The van der Waals surface area contributed by atoms with Crippen LogP contribution in [0.1, 0.15) is 45.7 Å². The van der Waals surface area contributed by atoms with Gasteiger partial charge in [-0.1, -0.05) is 48.0 Å². The van der Waals surface area contributed by atoms with Crippen LogP contribution in [0.25, 0.3) is 0 Å². The van der Waals surface area contributed by atoms with Crippen molar-refractivity contribution in [2.75, 3.05) is 31.1 Å². The molecule has 0 atom stereocenters. The molecule has 37 heavy (non-hydrogen) atoms. The molecule has 8 heteroatoms. The maximum absolute atomic E-state index is 13.0. The van der Waals surface area contributed by atoms with Crippen LogP contribution in [0.4, 0.5) is 5.69 Å². The smallest absolute Gasteiger partial charge is 0.335 e. The second-order valence-electron chi connectivity index (χ2n) is 9.34. The van der Waals surface area contributed by atoms with E-state index in [1.807, 2.05) is 49.1 Å². The molecule has 3 aromatic carbocycles. The Bertz CT molecular complexity index is 1220. The molecule has 0 saturated carbocycles. The second kappa shape index (κ2) is 11.9. The van der Waals surface area contributed by atoms with Crippen molar-refractivity contribution in [1.82, 2.24) is 4.90 Å². The van der Waals surface area contributed by atoms with Gasteiger partial charge in [-0.2, -0.15) is 0 Å². The third-order valence-corrected chi connectivity index (χ3v) is 6.84. The summed E-state index contributed by atoms with van der Waals surface area (Å²) in [6.07, 6.45) is 0. The molecule has 0 radical (unpaired) electrons. The van der Waals surface area contributed by atoms with Crippen molar-refractivity contribution in [3.63, 3.8) is 0 Å². The van der Waals surface area contributed by atoms with E-state index in [4.69, 9.17) is 21.8 Å². The lowest BCUT2D eigenvalue weighted by Gasteiger charge is -2.39. The Hall–Kier alpha value is -3.84. The third-order valence-electron chi connectivity index (χ3n) is 6.58. The van der Waals surface area contributed by atoms with Crippen LogP contribution in [0.15, 0.2) is 72.8 Å². The van der Waals surface area contributed by atoms with E-state index in [-0.39, 0.29) is 22.6 Å². The fourth-order valence-corrected chi connectivity index (χ4v) is 4.42. The molecular formula is C29H31ClN2O5. The first-order chi connectivity index (χ1) is 17.5. The number of para-hydroxylation sites is 1. The van der Waals surface area contributed by atoms with Crippen LogP contribution in [0, 0.1) is 6.92 Å². The largest absolute Gasteiger partial charge is 0.478 e. The molecule has 194 valence electrons. The van der Waals surface area contributed by atoms with Gasteiger partial charge in [-0.25, -0.2) is 9.59 Å². The molecule has 0 unspecified atom stereocenters. The highest BCUT2D eigenvalue weighted by Crippen LogP contribution is 2.28. The molecule has 0 aliphatic carbocycles. The van der Waals surface area contributed by atoms with Gasteiger partial charge in [0.25, 0.3) is 0 Å². The topological polar surface area (TPSA) is 98.2 Å². The summed E-state index contributed by atoms with van der Waals surface area (Å²) in [6.45, 7) is 8.70. The quantitative estimate of drug-likeness (QED) is 0.468. The number of nitrogens with zero attached hydrogens (tertiary/aromatic N) is 2. The molecule has 1 aliphatic heterocycles. The number of benzene rings is 3. The van der Waals surface area contributed by atoms with Crippen LogP contribution in [0.3, 0.4) is 0 Å². The number of hydrogen-bond donors (Lipinski definition) is 2. The van der Waals surface area contributed by atoms with E-state index in [0.29, 0.717) is 5.02 Å². The molecule has 7 nitrogen and oxygen atoms in total. The Labute approximate surface area is 221 Å². The number of amides is 1. The number of carboxylic acid groups (broad SMARTS) is 2. The van der Waals surface area contributed by atoms with Crippen molar-refractivity contribution in [3.8, 4) is 0 Å². The van der Waals surface area contributed by atoms with Gasteiger partial charge in [-0.3, -0.25) is 4.79 Å². The molecular weight excluding hydrogens is 492 g/mol. The first kappa shape index (κ1) is 27.7. The van der Waals surface area contributed by atoms with Crippen molar-refractivity contribution < 1.29 is 24.6 Å². The Balaban J connectivity index is 0.000000248. The lowest BCUT2D eigenvalue weighted by Crippen LogP contribution is -2.53. The molecule has 0 aromatic heterocycles. The predicted octanol–water partition coefficient (Wildman–Crippen LogP) is 5.36. The molecule has 1 aliphatic rings. The fourth-order valence-electron chi connectivity index (χ4n) is 4.29. The van der Waals surface area contributed by atoms with Crippen molar-refractivity contribution >= 4 is 35.1 Å². The van der Waals surface area contributed by atoms with E-state index in [1.165, 1.54) is 30.8 Å². The van der Waals surface area contributed by atoms with Crippen molar-refractivity contribution in [2.24, 2.45) is 0 Å². The minimum absolute atomic E-state index is 0.0277. The van der Waals surface area contributed by atoms with Crippen LogP contribution in [0.5, 0.6) is 0 Å². The van der Waals surface area contributed by atoms with Crippen molar-refractivity contribution in [1.29, 1.82) is 0 Å². The van der Waals surface area contributed by atoms with Gasteiger partial charge in [0, 0.05) is 36.9 Å². The van der Waals surface area contributed by atoms with Crippen LogP contribution in [-0.4, -0.2) is 59.1 Å². The van der Waals surface area contributed by atoms with Crippen LogP contribution in [0.2, 0.25) is 5.02 Å². The number of piperazine rings is 1. The summed E-state index contributed by atoms with van der Waals surface area (Å²) in [6, 6.07) is 22.1. The second-order valence-corrected chi connectivity index (χ2v) is 9.77. The molecule has 2 N–H and O–H groups in total. The van der Waals surface area contributed by atoms with E-state index in [2.05, 4.69) is 29.2 Å². The Kier molecular flexibility index (Phi) is 8.95. The van der Waals surface area contributed by atoms with E-state index in [9.17, 15) is 14.4 Å². The zero-order valence-corrected chi connectivity index (χ0v) is 21.9. The number of carbonyl (C=O) groups excluding carboxylic acids is 1. The summed E-state index contributed by atoms with van der Waals surface area (Å²) in [5.74, 6) is -2.04. The summed E-state index contributed by atoms with van der Waals surface area (Å²) in [7, 11) is 0. The predicted molar refractivity (Wildman–Crippen MR) is 145 cm³/mol. The van der Waals surface area contributed by atoms with Crippen LogP contribution in [-0.2, 0) is 10.2 Å². The number of halogens is 1. The molecule has 1 saturated heterocycles. The minimum atomic E-state index is -1.11. The highest BCUT2D eigenvalue weighted by molar-refractivity contribution is 6.30. The van der Waals surface area contributed by atoms with E-state index in [1.54, 1.807) is 0 Å². The van der Waals surface area contributed by atoms with Gasteiger partial charge in [0.15, 0.2) is 0 Å². The van der Waals surface area contributed by atoms with Gasteiger partial charge in [0.05, 0.1) is 16.5 Å². The zero-order chi connectivity index (χ0) is 27.2. The van der Waals surface area contributed by atoms with Crippen LogP contribution < -0.4 is 4.90 Å². The monoisotopic (exact) mass is 522 g/mol. The number of carbonyl (C=O) groups is 3. The molecule has 1 amide bonds. The summed E-state index contributed by atoms with van der Waals surface area (Å²) in [5.41, 5.74) is 2.02. The lowest BCUT2D eigenvalue weighted by molar-refractivity contribution is -0.136. The summed E-state index contributed by atoms with van der Waals surface area (Å²) < 4.78 is 0. The maximum atomic E-state index is 13.0. The van der Waals surface area contributed by atoms with E-state index >= 15 is 0 Å². The fraction of sp³-hybridized carbons (Fsp3) is 0.276. The number of rotatable bonds is 5. The standard InChI is InChI=1S/C20H23ClN2O.C9H8O4/c1-20(2,16-8-10-17(21)11-9-16)19(24)23-14-12-22(13-15-23)18-6-4-3-5-7-18;1-5-6(8(10)11)3-2-4-7(5)9(12)13/h3-11H,12-15H2,1-2H3;2-4H,1H3,(H,10,11)(H,12,13). The SMILES string of the molecule is CC(C)(C(=O)N1CCN(c2ccccc2)CC1)c1ccc(Cl)cc1.Cc1c(C(=O)O)cccc1C(=O)O. The Morgan fingerprint density at radius 2 is 1.27 bits per heavy atom. The van der Waals surface area contributed by atoms with E-state index in [0.717, 1.165) is 31.7 Å². The zero-order valence-electron chi connectivity index (χ0n) is 21.1. The normalized spacial score (nSPS) is 13.4. The summed E-state index contributed by atoms with van der Waals surface area (Å²) in [4.78, 5) is 38.5. The molecule has 0 spiro atoms. The Morgan fingerprint density at radius 1 is 0.757 bits per heavy atom. The highest BCUT2D eigenvalue weighted by atomic mass is 35.5. The first-order valence-electron chi connectivity index (χ1n) is 11.9.